The maximum Gasteiger partial charge on any atom is 0.412 e. The maximum atomic E-state index is 12.3. The number of hydrogen-bond donors (Lipinski definition) is 1. The van der Waals surface area contributed by atoms with Gasteiger partial charge in [-0.2, -0.15) is 5.10 Å². The molecule has 2 heterocycles. The summed E-state index contributed by atoms with van der Waals surface area (Å²) in [4.78, 5) is 12.3. The fourth-order valence-electron chi connectivity index (χ4n) is 3.26. The fraction of sp³-hybridized carbons (Fsp3) is 0.565. The normalized spacial score (nSPS) is 16.7. The summed E-state index contributed by atoms with van der Waals surface area (Å²) >= 11 is 23.4. The zero-order valence-corrected chi connectivity index (χ0v) is 22.8. The van der Waals surface area contributed by atoms with E-state index >= 15 is 0 Å². The molecule has 0 spiro atoms. The number of benzene rings is 1. The van der Waals surface area contributed by atoms with Crippen LogP contribution in [0.4, 0.5) is 10.6 Å². The Morgan fingerprint density at radius 1 is 1.17 bits per heavy atom. The number of ether oxygens (including phenoxy) is 4. The lowest BCUT2D eigenvalue weighted by Crippen LogP contribution is -2.24. The number of carbonyl (C=O) groups is 1. The van der Waals surface area contributed by atoms with Crippen molar-refractivity contribution >= 4 is 58.3 Å². The van der Waals surface area contributed by atoms with Gasteiger partial charge < -0.3 is 18.9 Å². The Bertz CT molecular complexity index is 998. The minimum atomic E-state index is -1.72. The van der Waals surface area contributed by atoms with Crippen LogP contribution in [0.15, 0.2) is 24.3 Å². The number of rotatable bonds is 8. The molecule has 194 valence electrons. The van der Waals surface area contributed by atoms with E-state index in [0.717, 1.165) is 31.6 Å². The van der Waals surface area contributed by atoms with Crippen molar-refractivity contribution in [1.29, 1.82) is 0 Å². The smallest absolute Gasteiger partial charge is 0.412 e. The van der Waals surface area contributed by atoms with Gasteiger partial charge in [-0.1, -0.05) is 67.2 Å². The van der Waals surface area contributed by atoms with Gasteiger partial charge in [-0.15, -0.1) is 0 Å². The molecule has 0 radical (unpaired) electrons. The van der Waals surface area contributed by atoms with E-state index in [0.29, 0.717) is 35.5 Å². The topological polar surface area (TPSA) is 83.8 Å². The second kappa shape index (κ2) is 12.2. The highest BCUT2D eigenvalue weighted by Crippen LogP contribution is 2.30. The third kappa shape index (κ3) is 9.19. The van der Waals surface area contributed by atoms with Gasteiger partial charge in [-0.25, -0.2) is 9.48 Å². The maximum absolute atomic E-state index is 12.3. The summed E-state index contributed by atoms with van der Waals surface area (Å²) in [6.07, 6.45) is 2.07. The molecule has 8 nitrogen and oxygen atoms in total. The van der Waals surface area contributed by atoms with E-state index in [1.54, 1.807) is 28.9 Å². The van der Waals surface area contributed by atoms with Crippen molar-refractivity contribution in [3.05, 3.63) is 35.0 Å². The summed E-state index contributed by atoms with van der Waals surface area (Å²) in [6.45, 7) is 7.03. The van der Waals surface area contributed by atoms with Gasteiger partial charge in [-0.05, 0) is 31.4 Å². The average Bonchev–Trinajstić information content (AvgIpc) is 3.20. The van der Waals surface area contributed by atoms with Gasteiger partial charge in [0.1, 0.15) is 24.8 Å². The van der Waals surface area contributed by atoms with Crippen molar-refractivity contribution in [2.75, 3.05) is 31.7 Å². The molecule has 0 saturated carbocycles. The molecule has 0 bridgehead atoms. The lowest BCUT2D eigenvalue weighted by Gasteiger charge is -2.22. The van der Waals surface area contributed by atoms with E-state index in [9.17, 15) is 4.79 Å². The second-order valence-electron chi connectivity index (χ2n) is 9.05. The van der Waals surface area contributed by atoms with Crippen molar-refractivity contribution in [2.24, 2.45) is 0 Å². The lowest BCUT2D eigenvalue weighted by atomic mass is 9.92. The van der Waals surface area contributed by atoms with Crippen LogP contribution in [0.3, 0.4) is 0 Å². The summed E-state index contributed by atoms with van der Waals surface area (Å²) in [5, 5.41) is 7.75. The Labute approximate surface area is 225 Å². The van der Waals surface area contributed by atoms with Crippen molar-refractivity contribution in [3.63, 3.8) is 0 Å². The molecule has 3 rings (SSSR count). The minimum absolute atomic E-state index is 0.183. The molecule has 1 N–H and O–H groups in total. The quantitative estimate of drug-likeness (QED) is 0.283. The highest BCUT2D eigenvalue weighted by Gasteiger charge is 2.25. The van der Waals surface area contributed by atoms with Crippen LogP contribution in [-0.2, 0) is 19.6 Å². The first-order chi connectivity index (χ1) is 16.4. The first-order valence-electron chi connectivity index (χ1n) is 11.2. The summed E-state index contributed by atoms with van der Waals surface area (Å²) < 4.78 is 21.9. The Morgan fingerprint density at radius 3 is 2.60 bits per heavy atom. The molecule has 1 unspecified atom stereocenters. The highest BCUT2D eigenvalue weighted by atomic mass is 35.6. The van der Waals surface area contributed by atoms with E-state index in [4.69, 9.17) is 65.4 Å². The number of nitrogens with one attached hydrogen (secondary N) is 1. The SMILES string of the molecule is CC(C)(C)c1cc(NC(=O)OCC(Cl)(Cl)Cl)n(-c2cc(Cl)cc(OCCOC3CCCCO3)c2)n1. The molecule has 1 aromatic heterocycles. The number of alkyl halides is 3. The van der Waals surface area contributed by atoms with Crippen molar-refractivity contribution < 1.29 is 23.7 Å². The number of amides is 1. The van der Waals surface area contributed by atoms with Gasteiger partial charge in [0.25, 0.3) is 0 Å². The van der Waals surface area contributed by atoms with E-state index in [1.807, 2.05) is 20.8 Å². The molecule has 12 heteroatoms. The molecule has 35 heavy (non-hydrogen) atoms. The van der Waals surface area contributed by atoms with Gasteiger partial charge >= 0.3 is 6.09 Å². The third-order valence-corrected chi connectivity index (χ3v) is 5.51. The molecule has 1 aromatic carbocycles. The van der Waals surface area contributed by atoms with Gasteiger partial charge in [0, 0.05) is 29.2 Å². The first kappa shape index (κ1) is 28.2. The number of carbonyl (C=O) groups excluding carboxylic acids is 1. The van der Waals surface area contributed by atoms with Crippen LogP contribution in [-0.4, -0.2) is 52.4 Å². The van der Waals surface area contributed by atoms with Gasteiger partial charge in [0.05, 0.1) is 18.0 Å². The Morgan fingerprint density at radius 2 is 1.94 bits per heavy atom. The largest absolute Gasteiger partial charge is 0.491 e. The number of halogens is 4. The van der Waals surface area contributed by atoms with Crippen molar-refractivity contribution in [2.45, 2.75) is 55.5 Å². The molecule has 0 aliphatic carbocycles. The van der Waals surface area contributed by atoms with E-state index in [1.165, 1.54) is 0 Å². The minimum Gasteiger partial charge on any atom is -0.491 e. The van der Waals surface area contributed by atoms with Crippen LogP contribution >= 0.6 is 46.4 Å². The van der Waals surface area contributed by atoms with Gasteiger partial charge in [0.2, 0.25) is 3.79 Å². The fourth-order valence-corrected chi connectivity index (χ4v) is 3.64. The molecule has 1 atom stereocenters. The monoisotopic (exact) mass is 567 g/mol. The summed E-state index contributed by atoms with van der Waals surface area (Å²) in [5.41, 5.74) is 1.02. The number of aromatic nitrogens is 2. The average molecular weight is 569 g/mol. The molecular weight excluding hydrogens is 540 g/mol. The second-order valence-corrected chi connectivity index (χ2v) is 12.0. The van der Waals surface area contributed by atoms with E-state index < -0.39 is 16.5 Å². The molecular formula is C23H29Cl4N3O5. The Kier molecular flexibility index (Phi) is 9.82. The lowest BCUT2D eigenvalue weighted by molar-refractivity contribution is -0.165. The molecule has 2 aromatic rings. The van der Waals surface area contributed by atoms with E-state index in [-0.39, 0.29) is 11.7 Å². The molecule has 1 aliphatic heterocycles. The Hall–Kier alpha value is -1.42. The van der Waals surface area contributed by atoms with E-state index in [2.05, 4.69) is 10.4 Å². The molecule has 1 saturated heterocycles. The van der Waals surface area contributed by atoms with Crippen LogP contribution in [0.2, 0.25) is 5.02 Å². The number of anilines is 1. The predicted octanol–water partition coefficient (Wildman–Crippen LogP) is 6.66. The number of nitrogens with zero attached hydrogens (tertiary/aromatic N) is 2. The third-order valence-electron chi connectivity index (χ3n) is 4.97. The Balaban J connectivity index is 1.74. The summed E-state index contributed by atoms with van der Waals surface area (Å²) in [5.74, 6) is 0.883. The zero-order valence-electron chi connectivity index (χ0n) is 19.8. The zero-order chi connectivity index (χ0) is 25.6. The standard InChI is InChI=1S/C23H29Cl4N3O5/c1-22(2,3)18-13-19(28-21(31)35-14-23(25,26)27)30(29-18)16-10-15(24)11-17(12-16)32-8-9-34-20-6-4-5-7-33-20/h10-13,20H,4-9,14H2,1-3H3,(H,28,31). The van der Waals surface area contributed by atoms with Crippen LogP contribution in [0.1, 0.15) is 45.7 Å². The molecule has 1 aliphatic rings. The van der Waals surface area contributed by atoms with Crippen LogP contribution in [0.25, 0.3) is 5.69 Å². The summed E-state index contributed by atoms with van der Waals surface area (Å²) in [7, 11) is 0. The molecule has 1 amide bonds. The van der Waals surface area contributed by atoms with Crippen molar-refractivity contribution in [1.82, 2.24) is 9.78 Å². The van der Waals surface area contributed by atoms with Gasteiger partial charge in [-0.3, -0.25) is 5.32 Å². The van der Waals surface area contributed by atoms with Crippen molar-refractivity contribution in [3.8, 4) is 11.4 Å². The van der Waals surface area contributed by atoms with Gasteiger partial charge in [0.15, 0.2) is 6.29 Å². The van der Waals surface area contributed by atoms with Crippen LogP contribution < -0.4 is 10.1 Å². The molecule has 1 fully saturated rings. The van der Waals surface area contributed by atoms with Crippen LogP contribution in [0, 0.1) is 0 Å². The predicted molar refractivity (Wildman–Crippen MR) is 138 cm³/mol. The summed E-state index contributed by atoms with van der Waals surface area (Å²) in [6, 6.07) is 6.91. The highest BCUT2D eigenvalue weighted by molar-refractivity contribution is 6.67. The first-order valence-corrected chi connectivity index (χ1v) is 12.7. The van der Waals surface area contributed by atoms with Crippen LogP contribution in [0.5, 0.6) is 5.75 Å². The number of hydrogen-bond acceptors (Lipinski definition) is 6.